The number of nitrogens with zero attached hydrogens (tertiary/aromatic N) is 2. The van der Waals surface area contributed by atoms with Crippen LogP contribution in [0.2, 0.25) is 0 Å². The molecule has 5 heteroatoms. The van der Waals surface area contributed by atoms with E-state index in [1.807, 2.05) is 19.1 Å². The molecule has 1 unspecified atom stereocenters. The van der Waals surface area contributed by atoms with Crippen molar-refractivity contribution >= 4 is 27.7 Å². The molecule has 1 atom stereocenters. The molecule has 0 aliphatic heterocycles. The second-order valence-corrected chi connectivity index (χ2v) is 5.57. The number of aromatic nitrogens is 2. The zero-order valence-electron chi connectivity index (χ0n) is 9.30. The molecule has 1 aromatic carbocycles. The van der Waals surface area contributed by atoms with Gasteiger partial charge in [0.05, 0.1) is 6.20 Å². The van der Waals surface area contributed by atoms with E-state index in [1.54, 1.807) is 30.4 Å². The van der Waals surface area contributed by atoms with E-state index in [9.17, 15) is 0 Å². The average molecular weight is 310 g/mol. The van der Waals surface area contributed by atoms with Gasteiger partial charge in [-0.25, -0.2) is 4.98 Å². The van der Waals surface area contributed by atoms with Gasteiger partial charge < -0.3 is 5.73 Å². The molecule has 0 aliphatic carbocycles. The summed E-state index contributed by atoms with van der Waals surface area (Å²) < 4.78 is 1.03. The summed E-state index contributed by atoms with van der Waals surface area (Å²) in [5, 5.41) is 0.882. The van der Waals surface area contributed by atoms with Crippen LogP contribution < -0.4 is 5.73 Å². The van der Waals surface area contributed by atoms with E-state index in [0.29, 0.717) is 0 Å². The van der Waals surface area contributed by atoms with Crippen molar-refractivity contribution in [2.24, 2.45) is 5.73 Å². The Kier molecular flexibility index (Phi) is 4.15. The van der Waals surface area contributed by atoms with Crippen molar-refractivity contribution in [1.29, 1.82) is 0 Å². The lowest BCUT2D eigenvalue weighted by Crippen LogP contribution is -2.05. The van der Waals surface area contributed by atoms with E-state index < -0.39 is 0 Å². The van der Waals surface area contributed by atoms with Gasteiger partial charge in [0.1, 0.15) is 5.03 Å². The van der Waals surface area contributed by atoms with Crippen molar-refractivity contribution in [2.45, 2.75) is 22.9 Å². The molecule has 0 saturated heterocycles. The van der Waals surface area contributed by atoms with Crippen LogP contribution in [-0.2, 0) is 0 Å². The fraction of sp³-hybridized carbons (Fsp3) is 0.167. The number of rotatable bonds is 3. The quantitative estimate of drug-likeness (QED) is 0.944. The zero-order chi connectivity index (χ0) is 12.3. The summed E-state index contributed by atoms with van der Waals surface area (Å²) in [5.41, 5.74) is 6.96. The molecule has 0 spiro atoms. The normalized spacial score (nSPS) is 12.4. The molecular weight excluding hydrogens is 298 g/mol. The summed E-state index contributed by atoms with van der Waals surface area (Å²) in [6, 6.07) is 6.16. The van der Waals surface area contributed by atoms with Crippen LogP contribution >= 0.6 is 27.7 Å². The lowest BCUT2D eigenvalue weighted by atomic mass is 10.1. The molecule has 1 heterocycles. The van der Waals surface area contributed by atoms with E-state index in [4.69, 9.17) is 5.73 Å². The highest BCUT2D eigenvalue weighted by atomic mass is 79.9. The van der Waals surface area contributed by atoms with Crippen LogP contribution in [0.3, 0.4) is 0 Å². The summed E-state index contributed by atoms with van der Waals surface area (Å²) >= 11 is 5.11. The van der Waals surface area contributed by atoms with Crippen molar-refractivity contribution in [3.63, 3.8) is 0 Å². The maximum atomic E-state index is 5.86. The predicted molar refractivity (Wildman–Crippen MR) is 72.9 cm³/mol. The van der Waals surface area contributed by atoms with E-state index in [0.717, 1.165) is 20.0 Å². The Hall–Kier alpha value is -0.910. The van der Waals surface area contributed by atoms with Crippen molar-refractivity contribution in [3.8, 4) is 0 Å². The van der Waals surface area contributed by atoms with Crippen LogP contribution in [0.15, 0.2) is 51.2 Å². The Labute approximate surface area is 113 Å². The van der Waals surface area contributed by atoms with Crippen molar-refractivity contribution in [2.75, 3.05) is 0 Å². The van der Waals surface area contributed by atoms with Crippen molar-refractivity contribution in [3.05, 3.63) is 46.8 Å². The lowest BCUT2D eigenvalue weighted by Gasteiger charge is -2.09. The number of hydrogen-bond donors (Lipinski definition) is 1. The van der Waals surface area contributed by atoms with Gasteiger partial charge in [-0.05, 0) is 24.6 Å². The Balaban J connectivity index is 2.21. The standard InChI is InChI=1S/C12H12BrN3S/c1-8(14)10-3-2-9(6-11(10)13)17-12-7-15-4-5-16-12/h2-8H,14H2,1H3. The molecule has 17 heavy (non-hydrogen) atoms. The molecule has 2 rings (SSSR count). The van der Waals surface area contributed by atoms with Crippen LogP contribution in [0.1, 0.15) is 18.5 Å². The maximum absolute atomic E-state index is 5.86. The number of benzene rings is 1. The smallest absolute Gasteiger partial charge is 0.119 e. The van der Waals surface area contributed by atoms with Gasteiger partial charge in [0.2, 0.25) is 0 Å². The summed E-state index contributed by atoms with van der Waals surface area (Å²) in [5.74, 6) is 0. The van der Waals surface area contributed by atoms with Crippen LogP contribution in [0.4, 0.5) is 0 Å². The average Bonchev–Trinajstić information content (AvgIpc) is 2.30. The molecule has 88 valence electrons. The minimum absolute atomic E-state index is 0.0277. The first-order chi connectivity index (χ1) is 8.16. The third-order valence-corrected chi connectivity index (χ3v) is 3.82. The first-order valence-electron chi connectivity index (χ1n) is 5.15. The van der Waals surface area contributed by atoms with Crippen LogP contribution in [-0.4, -0.2) is 9.97 Å². The second-order valence-electron chi connectivity index (χ2n) is 3.62. The van der Waals surface area contributed by atoms with Gasteiger partial charge in [-0.15, -0.1) is 0 Å². The molecule has 3 nitrogen and oxygen atoms in total. The van der Waals surface area contributed by atoms with Gasteiger partial charge in [0, 0.05) is 27.8 Å². The van der Waals surface area contributed by atoms with Crippen LogP contribution in [0, 0.1) is 0 Å². The number of hydrogen-bond acceptors (Lipinski definition) is 4. The third kappa shape index (κ3) is 3.28. The third-order valence-electron chi connectivity index (χ3n) is 2.22. The zero-order valence-corrected chi connectivity index (χ0v) is 11.7. The van der Waals surface area contributed by atoms with E-state index in [-0.39, 0.29) is 6.04 Å². The SMILES string of the molecule is CC(N)c1ccc(Sc2cnccn2)cc1Br. The molecule has 0 fully saturated rings. The molecule has 0 radical (unpaired) electrons. The lowest BCUT2D eigenvalue weighted by molar-refractivity contribution is 0.811. The highest BCUT2D eigenvalue weighted by Crippen LogP contribution is 2.31. The first kappa shape index (κ1) is 12.5. The minimum atomic E-state index is 0.0277. The molecule has 0 amide bonds. The highest BCUT2D eigenvalue weighted by molar-refractivity contribution is 9.10. The van der Waals surface area contributed by atoms with Gasteiger partial charge >= 0.3 is 0 Å². The molecule has 2 N–H and O–H groups in total. The summed E-state index contributed by atoms with van der Waals surface area (Å²) in [6.45, 7) is 1.97. The topological polar surface area (TPSA) is 51.8 Å². The molecular formula is C12H12BrN3S. The fourth-order valence-electron chi connectivity index (χ4n) is 1.40. The summed E-state index contributed by atoms with van der Waals surface area (Å²) in [7, 11) is 0. The first-order valence-corrected chi connectivity index (χ1v) is 6.76. The minimum Gasteiger partial charge on any atom is -0.324 e. The van der Waals surface area contributed by atoms with Crippen molar-refractivity contribution < 1.29 is 0 Å². The Morgan fingerprint density at radius 1 is 1.35 bits per heavy atom. The van der Waals surface area contributed by atoms with Gasteiger partial charge in [-0.3, -0.25) is 4.98 Å². The van der Waals surface area contributed by atoms with Crippen LogP contribution in [0.5, 0.6) is 0 Å². The summed E-state index contributed by atoms with van der Waals surface area (Å²) in [6.07, 6.45) is 5.10. The van der Waals surface area contributed by atoms with Gasteiger partial charge in [0.15, 0.2) is 0 Å². The van der Waals surface area contributed by atoms with Crippen LogP contribution in [0.25, 0.3) is 0 Å². The predicted octanol–water partition coefficient (Wildman–Crippen LogP) is 3.41. The maximum Gasteiger partial charge on any atom is 0.119 e. The molecule has 2 aromatic rings. The summed E-state index contributed by atoms with van der Waals surface area (Å²) in [4.78, 5) is 9.37. The molecule has 0 saturated carbocycles. The highest BCUT2D eigenvalue weighted by Gasteiger charge is 2.06. The second kappa shape index (κ2) is 5.62. The van der Waals surface area contributed by atoms with E-state index in [2.05, 4.69) is 32.0 Å². The van der Waals surface area contributed by atoms with Gasteiger partial charge in [-0.2, -0.15) is 0 Å². The number of halogens is 1. The molecule has 0 bridgehead atoms. The number of nitrogens with two attached hydrogens (primary N) is 1. The Morgan fingerprint density at radius 2 is 2.18 bits per heavy atom. The largest absolute Gasteiger partial charge is 0.324 e. The van der Waals surface area contributed by atoms with Gasteiger partial charge in [0.25, 0.3) is 0 Å². The monoisotopic (exact) mass is 309 g/mol. The Bertz CT molecular complexity index is 502. The molecule has 0 aliphatic rings. The van der Waals surface area contributed by atoms with Crippen molar-refractivity contribution in [1.82, 2.24) is 9.97 Å². The van der Waals surface area contributed by atoms with E-state index in [1.165, 1.54) is 0 Å². The fourth-order valence-corrected chi connectivity index (χ4v) is 3.07. The van der Waals surface area contributed by atoms with E-state index >= 15 is 0 Å². The van der Waals surface area contributed by atoms with Gasteiger partial charge in [-0.1, -0.05) is 33.8 Å². The Morgan fingerprint density at radius 3 is 2.76 bits per heavy atom. The molecule has 1 aromatic heterocycles.